The first-order valence-corrected chi connectivity index (χ1v) is 11.9. The SMILES string of the molecule is Cn1cnnc1Sc1ccc(CN2CCC[C@H](N3CCN(c4ccccc4)CC3)C2)o1. The number of rotatable bonds is 6. The van der Waals surface area contributed by atoms with Crippen molar-refractivity contribution in [2.75, 3.05) is 44.2 Å². The summed E-state index contributed by atoms with van der Waals surface area (Å²) >= 11 is 1.52. The van der Waals surface area contributed by atoms with Gasteiger partial charge in [-0.25, -0.2) is 0 Å². The summed E-state index contributed by atoms with van der Waals surface area (Å²) in [5.41, 5.74) is 1.35. The molecule has 1 aromatic carbocycles. The highest BCUT2D eigenvalue weighted by molar-refractivity contribution is 7.99. The number of para-hydroxylation sites is 1. The van der Waals surface area contributed by atoms with Crippen LogP contribution < -0.4 is 4.90 Å². The van der Waals surface area contributed by atoms with E-state index in [1.165, 1.54) is 30.3 Å². The highest BCUT2D eigenvalue weighted by Gasteiger charge is 2.28. The van der Waals surface area contributed by atoms with Gasteiger partial charge in [0.15, 0.2) is 10.2 Å². The lowest BCUT2D eigenvalue weighted by Crippen LogP contribution is -2.55. The van der Waals surface area contributed by atoms with E-state index in [0.29, 0.717) is 6.04 Å². The van der Waals surface area contributed by atoms with Crippen molar-refractivity contribution < 1.29 is 4.42 Å². The van der Waals surface area contributed by atoms with E-state index < -0.39 is 0 Å². The molecule has 0 aliphatic carbocycles. The minimum absolute atomic E-state index is 0.647. The number of aryl methyl sites for hydroxylation is 1. The molecule has 1 atom stereocenters. The zero-order valence-corrected chi connectivity index (χ0v) is 18.9. The number of aromatic nitrogens is 3. The first-order valence-electron chi connectivity index (χ1n) is 11.1. The Balaban J connectivity index is 1.13. The van der Waals surface area contributed by atoms with Crippen LogP contribution in [0.15, 0.2) is 63.5 Å². The number of anilines is 1. The molecular weight excluding hydrogens is 408 g/mol. The van der Waals surface area contributed by atoms with Crippen molar-refractivity contribution in [1.29, 1.82) is 0 Å². The number of likely N-dealkylation sites (tertiary alicyclic amines) is 1. The second kappa shape index (κ2) is 9.46. The smallest absolute Gasteiger partial charge is 0.198 e. The molecule has 5 rings (SSSR count). The van der Waals surface area contributed by atoms with Gasteiger partial charge in [-0.15, -0.1) is 10.2 Å². The molecular formula is C23H30N6OS. The minimum atomic E-state index is 0.647. The standard InChI is InChI=1S/C23H30N6OS/c1-26-18-24-25-23(26)31-22-10-9-21(30-22)17-27-11-5-8-20(16-27)29-14-12-28(13-15-29)19-6-3-2-4-7-19/h2-4,6-7,9-10,18,20H,5,8,11-17H2,1H3/t20-/m0/s1. The summed E-state index contributed by atoms with van der Waals surface area (Å²) in [6, 6.07) is 15.6. The molecule has 0 N–H and O–H groups in total. The normalized spacial score (nSPS) is 20.9. The van der Waals surface area contributed by atoms with Crippen LogP contribution in [0, 0.1) is 0 Å². The lowest BCUT2D eigenvalue weighted by atomic mass is 10.0. The first kappa shape index (κ1) is 20.6. The number of piperazine rings is 1. The number of furan rings is 1. The maximum atomic E-state index is 6.08. The van der Waals surface area contributed by atoms with Gasteiger partial charge in [0.05, 0.1) is 6.54 Å². The van der Waals surface area contributed by atoms with Gasteiger partial charge in [0.2, 0.25) is 0 Å². The van der Waals surface area contributed by atoms with E-state index in [1.807, 2.05) is 17.7 Å². The molecule has 2 fully saturated rings. The van der Waals surface area contributed by atoms with Gasteiger partial charge >= 0.3 is 0 Å². The Bertz CT molecular complexity index is 965. The van der Waals surface area contributed by atoms with Gasteiger partial charge in [-0.05, 0) is 55.4 Å². The average molecular weight is 439 g/mol. The zero-order valence-electron chi connectivity index (χ0n) is 18.1. The van der Waals surface area contributed by atoms with Crippen LogP contribution in [-0.2, 0) is 13.6 Å². The second-order valence-corrected chi connectivity index (χ2v) is 9.41. The van der Waals surface area contributed by atoms with Gasteiger partial charge < -0.3 is 13.9 Å². The van der Waals surface area contributed by atoms with E-state index in [4.69, 9.17) is 4.42 Å². The van der Waals surface area contributed by atoms with Crippen molar-refractivity contribution in [2.24, 2.45) is 7.05 Å². The van der Waals surface area contributed by atoms with Crippen LogP contribution in [0.1, 0.15) is 18.6 Å². The Kier molecular flexibility index (Phi) is 6.29. The summed E-state index contributed by atoms with van der Waals surface area (Å²) in [5.74, 6) is 1.03. The number of hydrogen-bond donors (Lipinski definition) is 0. The monoisotopic (exact) mass is 438 g/mol. The number of hydrogen-bond acceptors (Lipinski definition) is 7. The summed E-state index contributed by atoms with van der Waals surface area (Å²) in [4.78, 5) is 7.76. The lowest BCUT2D eigenvalue weighted by molar-refractivity contribution is 0.0842. The van der Waals surface area contributed by atoms with E-state index in [1.54, 1.807) is 6.33 Å². The van der Waals surface area contributed by atoms with Crippen molar-refractivity contribution in [2.45, 2.75) is 35.7 Å². The second-order valence-electron chi connectivity index (χ2n) is 8.44. The Morgan fingerprint density at radius 1 is 1.03 bits per heavy atom. The number of nitrogens with zero attached hydrogens (tertiary/aromatic N) is 6. The van der Waals surface area contributed by atoms with Crippen LogP contribution in [0.3, 0.4) is 0 Å². The third-order valence-electron chi connectivity index (χ3n) is 6.31. The third kappa shape index (κ3) is 4.97. The van der Waals surface area contributed by atoms with Crippen LogP contribution in [0.2, 0.25) is 0 Å². The molecule has 164 valence electrons. The van der Waals surface area contributed by atoms with E-state index in [2.05, 4.69) is 61.3 Å². The molecule has 0 amide bonds. The Hall–Kier alpha value is -2.29. The lowest BCUT2D eigenvalue weighted by Gasteiger charge is -2.43. The van der Waals surface area contributed by atoms with Gasteiger partial charge in [-0.1, -0.05) is 18.2 Å². The minimum Gasteiger partial charge on any atom is -0.453 e. The van der Waals surface area contributed by atoms with Crippen LogP contribution in [0.5, 0.6) is 0 Å². The molecule has 0 radical (unpaired) electrons. The number of benzene rings is 1. The summed E-state index contributed by atoms with van der Waals surface area (Å²) in [6.45, 7) is 7.66. The average Bonchev–Trinajstić information content (AvgIpc) is 3.43. The zero-order chi connectivity index (χ0) is 21.0. The third-order valence-corrected chi connectivity index (χ3v) is 7.28. The van der Waals surface area contributed by atoms with E-state index >= 15 is 0 Å². The van der Waals surface area contributed by atoms with E-state index in [9.17, 15) is 0 Å². The summed E-state index contributed by atoms with van der Waals surface area (Å²) < 4.78 is 7.98. The van der Waals surface area contributed by atoms with Crippen LogP contribution in [-0.4, -0.2) is 69.9 Å². The van der Waals surface area contributed by atoms with Crippen LogP contribution in [0.25, 0.3) is 0 Å². The maximum absolute atomic E-state index is 6.08. The van der Waals surface area contributed by atoms with Crippen LogP contribution in [0.4, 0.5) is 5.69 Å². The Morgan fingerprint density at radius 2 is 1.87 bits per heavy atom. The number of piperidine rings is 1. The molecule has 4 heterocycles. The van der Waals surface area contributed by atoms with Gasteiger partial charge in [-0.2, -0.15) is 0 Å². The van der Waals surface area contributed by atoms with Gasteiger partial charge in [0, 0.05) is 51.5 Å². The van der Waals surface area contributed by atoms with Crippen molar-refractivity contribution in [3.63, 3.8) is 0 Å². The van der Waals surface area contributed by atoms with Gasteiger partial charge in [-0.3, -0.25) is 9.80 Å². The summed E-state index contributed by atoms with van der Waals surface area (Å²) in [5, 5.41) is 9.76. The Labute approximate surface area is 188 Å². The molecule has 2 aromatic heterocycles. The first-order chi connectivity index (χ1) is 15.2. The topological polar surface area (TPSA) is 53.6 Å². The maximum Gasteiger partial charge on any atom is 0.198 e. The fraction of sp³-hybridized carbons (Fsp3) is 0.478. The van der Waals surface area contributed by atoms with Gasteiger partial charge in [0.25, 0.3) is 0 Å². The molecule has 31 heavy (non-hydrogen) atoms. The molecule has 0 unspecified atom stereocenters. The molecule has 8 heteroatoms. The molecule has 7 nitrogen and oxygen atoms in total. The fourth-order valence-electron chi connectivity index (χ4n) is 4.63. The van der Waals surface area contributed by atoms with Crippen molar-refractivity contribution in [3.8, 4) is 0 Å². The fourth-order valence-corrected chi connectivity index (χ4v) is 5.37. The molecule has 2 aliphatic heterocycles. The highest BCUT2D eigenvalue weighted by atomic mass is 32.2. The largest absolute Gasteiger partial charge is 0.453 e. The molecule has 3 aromatic rings. The molecule has 0 bridgehead atoms. The quantitative estimate of drug-likeness (QED) is 0.585. The van der Waals surface area contributed by atoms with Crippen molar-refractivity contribution in [3.05, 3.63) is 54.6 Å². The highest BCUT2D eigenvalue weighted by Crippen LogP contribution is 2.28. The molecule has 0 spiro atoms. The van der Waals surface area contributed by atoms with E-state index in [-0.39, 0.29) is 0 Å². The predicted octanol–water partition coefficient (Wildman–Crippen LogP) is 3.35. The van der Waals surface area contributed by atoms with Gasteiger partial charge in [0.1, 0.15) is 12.1 Å². The van der Waals surface area contributed by atoms with Crippen molar-refractivity contribution in [1.82, 2.24) is 24.6 Å². The predicted molar refractivity (Wildman–Crippen MR) is 122 cm³/mol. The molecule has 2 aliphatic rings. The van der Waals surface area contributed by atoms with Crippen LogP contribution >= 0.6 is 11.8 Å². The summed E-state index contributed by atoms with van der Waals surface area (Å²) in [6.07, 6.45) is 4.26. The Morgan fingerprint density at radius 3 is 2.65 bits per heavy atom. The van der Waals surface area contributed by atoms with E-state index in [0.717, 1.165) is 61.8 Å². The molecule has 0 saturated carbocycles. The van der Waals surface area contributed by atoms with Crippen molar-refractivity contribution >= 4 is 17.4 Å². The summed E-state index contributed by atoms with van der Waals surface area (Å²) in [7, 11) is 1.94. The molecule has 2 saturated heterocycles.